The minimum Gasteiger partial charge on any atom is -0.352 e. The second-order valence-electron chi connectivity index (χ2n) is 6.98. The molecule has 0 aromatic heterocycles. The first-order chi connectivity index (χ1) is 10.5. The SMILES string of the molecule is CCCC1CCC([C@H]2OC[C@H](CCCC(F)(F)F)CO2)CC1. The maximum Gasteiger partial charge on any atom is 0.389 e. The number of hydrogen-bond donors (Lipinski definition) is 0. The van der Waals surface area contributed by atoms with Gasteiger partial charge in [0.25, 0.3) is 0 Å². The Morgan fingerprint density at radius 2 is 1.55 bits per heavy atom. The molecular formula is C17H29F3O2. The van der Waals surface area contributed by atoms with Crippen molar-refractivity contribution in [3.63, 3.8) is 0 Å². The Bertz CT molecular complexity index is 304. The van der Waals surface area contributed by atoms with Gasteiger partial charge in [0, 0.05) is 18.3 Å². The van der Waals surface area contributed by atoms with Gasteiger partial charge in [0.2, 0.25) is 0 Å². The summed E-state index contributed by atoms with van der Waals surface area (Å²) >= 11 is 0. The van der Waals surface area contributed by atoms with Crippen molar-refractivity contribution in [1.29, 1.82) is 0 Å². The Kier molecular flexibility index (Phi) is 7.00. The molecule has 0 atom stereocenters. The minimum absolute atomic E-state index is 0.120. The first kappa shape index (κ1) is 18.1. The minimum atomic E-state index is -4.05. The Morgan fingerprint density at radius 1 is 0.909 bits per heavy atom. The lowest BCUT2D eigenvalue weighted by Crippen LogP contribution is -2.38. The molecule has 1 heterocycles. The van der Waals surface area contributed by atoms with Crippen molar-refractivity contribution in [1.82, 2.24) is 0 Å². The molecule has 0 spiro atoms. The number of halogens is 3. The van der Waals surface area contributed by atoms with Crippen LogP contribution in [0.25, 0.3) is 0 Å². The van der Waals surface area contributed by atoms with Gasteiger partial charge in [-0.25, -0.2) is 0 Å². The molecule has 1 saturated heterocycles. The number of hydrogen-bond acceptors (Lipinski definition) is 2. The summed E-state index contributed by atoms with van der Waals surface area (Å²) in [5.41, 5.74) is 0. The normalized spacial score (nSPS) is 33.8. The fourth-order valence-electron chi connectivity index (χ4n) is 3.75. The van der Waals surface area contributed by atoms with Crippen molar-refractivity contribution in [2.75, 3.05) is 13.2 Å². The molecule has 5 heteroatoms. The average Bonchev–Trinajstić information content (AvgIpc) is 2.48. The van der Waals surface area contributed by atoms with Crippen LogP contribution in [0.2, 0.25) is 0 Å². The lowest BCUT2D eigenvalue weighted by molar-refractivity contribution is -0.230. The van der Waals surface area contributed by atoms with Crippen molar-refractivity contribution < 1.29 is 22.6 Å². The molecule has 1 aliphatic carbocycles. The average molecular weight is 322 g/mol. The van der Waals surface area contributed by atoms with Crippen LogP contribution in [-0.4, -0.2) is 25.7 Å². The van der Waals surface area contributed by atoms with Gasteiger partial charge in [0.15, 0.2) is 6.29 Å². The van der Waals surface area contributed by atoms with E-state index in [-0.39, 0.29) is 18.6 Å². The zero-order valence-corrected chi connectivity index (χ0v) is 13.5. The number of alkyl halides is 3. The molecule has 130 valence electrons. The van der Waals surface area contributed by atoms with E-state index >= 15 is 0 Å². The van der Waals surface area contributed by atoms with Crippen LogP contribution in [0.5, 0.6) is 0 Å². The number of ether oxygens (including phenoxy) is 2. The summed E-state index contributed by atoms with van der Waals surface area (Å²) in [7, 11) is 0. The largest absolute Gasteiger partial charge is 0.389 e. The first-order valence-corrected chi connectivity index (χ1v) is 8.78. The quantitative estimate of drug-likeness (QED) is 0.659. The van der Waals surface area contributed by atoms with Gasteiger partial charge >= 0.3 is 6.18 Å². The topological polar surface area (TPSA) is 18.5 Å². The van der Waals surface area contributed by atoms with Crippen LogP contribution in [-0.2, 0) is 9.47 Å². The summed E-state index contributed by atoms with van der Waals surface area (Å²) < 4.78 is 48.0. The zero-order chi connectivity index (χ0) is 16.0. The highest BCUT2D eigenvalue weighted by Gasteiger charge is 2.33. The summed E-state index contributed by atoms with van der Waals surface area (Å²) in [4.78, 5) is 0. The molecule has 0 radical (unpaired) electrons. The molecule has 2 fully saturated rings. The van der Waals surface area contributed by atoms with Gasteiger partial charge in [-0.3, -0.25) is 0 Å². The summed E-state index contributed by atoms with van der Waals surface area (Å²) in [5, 5.41) is 0. The van der Waals surface area contributed by atoms with Crippen LogP contribution in [0, 0.1) is 17.8 Å². The second-order valence-corrected chi connectivity index (χ2v) is 6.98. The maximum absolute atomic E-state index is 12.1. The standard InChI is InChI=1S/C17H29F3O2/c1-2-4-13-6-8-15(9-7-13)16-21-11-14(12-22-16)5-3-10-17(18,19)20/h13-16H,2-12H2,1H3/t13?,14-,15?,16-. The Morgan fingerprint density at radius 3 is 2.09 bits per heavy atom. The van der Waals surface area contributed by atoms with E-state index in [0.29, 0.717) is 25.6 Å². The Hall–Kier alpha value is -0.290. The first-order valence-electron chi connectivity index (χ1n) is 8.78. The van der Waals surface area contributed by atoms with E-state index in [1.807, 2.05) is 0 Å². The van der Waals surface area contributed by atoms with Crippen molar-refractivity contribution in [3.05, 3.63) is 0 Å². The molecule has 2 rings (SSSR count). The lowest BCUT2D eigenvalue weighted by Gasteiger charge is -2.37. The molecule has 0 N–H and O–H groups in total. The highest BCUT2D eigenvalue weighted by atomic mass is 19.4. The van der Waals surface area contributed by atoms with Crippen LogP contribution >= 0.6 is 0 Å². The van der Waals surface area contributed by atoms with E-state index in [1.165, 1.54) is 25.7 Å². The highest BCUT2D eigenvalue weighted by Crippen LogP contribution is 2.36. The van der Waals surface area contributed by atoms with Gasteiger partial charge in [0.05, 0.1) is 13.2 Å². The van der Waals surface area contributed by atoms with E-state index < -0.39 is 12.6 Å². The lowest BCUT2D eigenvalue weighted by atomic mass is 9.79. The summed E-state index contributed by atoms with van der Waals surface area (Å²) in [6.45, 7) is 3.34. The molecule has 0 aromatic rings. The van der Waals surface area contributed by atoms with Crippen LogP contribution in [0.4, 0.5) is 13.2 Å². The van der Waals surface area contributed by atoms with Crippen LogP contribution in [0.1, 0.15) is 64.7 Å². The van der Waals surface area contributed by atoms with E-state index in [4.69, 9.17) is 9.47 Å². The molecular weight excluding hydrogens is 293 g/mol. The molecule has 1 saturated carbocycles. The van der Waals surface area contributed by atoms with Gasteiger partial charge in [-0.2, -0.15) is 13.2 Å². The molecule has 2 nitrogen and oxygen atoms in total. The van der Waals surface area contributed by atoms with Crippen molar-refractivity contribution in [2.45, 2.75) is 77.2 Å². The highest BCUT2D eigenvalue weighted by molar-refractivity contribution is 4.77. The number of rotatable bonds is 6. The van der Waals surface area contributed by atoms with Crippen molar-refractivity contribution in [3.8, 4) is 0 Å². The Labute approximate surface area is 131 Å². The molecule has 2 aliphatic rings. The second kappa shape index (κ2) is 8.53. The smallest absolute Gasteiger partial charge is 0.352 e. The molecule has 0 unspecified atom stereocenters. The van der Waals surface area contributed by atoms with E-state index in [2.05, 4.69) is 6.92 Å². The van der Waals surface area contributed by atoms with Gasteiger partial charge in [-0.05, 0) is 44.4 Å². The van der Waals surface area contributed by atoms with E-state index in [9.17, 15) is 13.2 Å². The summed E-state index contributed by atoms with van der Waals surface area (Å²) in [6, 6.07) is 0. The molecule has 0 bridgehead atoms. The van der Waals surface area contributed by atoms with Gasteiger partial charge in [-0.15, -0.1) is 0 Å². The third-order valence-electron chi connectivity index (χ3n) is 5.04. The fraction of sp³-hybridized carbons (Fsp3) is 1.00. The maximum atomic E-state index is 12.1. The van der Waals surface area contributed by atoms with E-state index in [1.54, 1.807) is 0 Å². The third kappa shape index (κ3) is 6.07. The van der Waals surface area contributed by atoms with Gasteiger partial charge in [0.1, 0.15) is 0 Å². The van der Waals surface area contributed by atoms with Crippen molar-refractivity contribution >= 4 is 0 Å². The van der Waals surface area contributed by atoms with Crippen LogP contribution < -0.4 is 0 Å². The predicted octanol–water partition coefficient (Wildman–Crippen LogP) is 5.31. The molecule has 0 amide bonds. The Balaban J connectivity index is 1.61. The van der Waals surface area contributed by atoms with E-state index in [0.717, 1.165) is 18.8 Å². The molecule has 0 aromatic carbocycles. The van der Waals surface area contributed by atoms with Crippen LogP contribution in [0.3, 0.4) is 0 Å². The summed E-state index contributed by atoms with van der Waals surface area (Å²) in [5.74, 6) is 1.46. The fourth-order valence-corrected chi connectivity index (χ4v) is 3.75. The monoisotopic (exact) mass is 322 g/mol. The zero-order valence-electron chi connectivity index (χ0n) is 13.5. The van der Waals surface area contributed by atoms with Crippen LogP contribution in [0.15, 0.2) is 0 Å². The third-order valence-corrected chi connectivity index (χ3v) is 5.04. The van der Waals surface area contributed by atoms with Gasteiger partial charge in [-0.1, -0.05) is 19.8 Å². The molecule has 1 aliphatic heterocycles. The predicted molar refractivity (Wildman–Crippen MR) is 79.4 cm³/mol. The van der Waals surface area contributed by atoms with Gasteiger partial charge < -0.3 is 9.47 Å². The van der Waals surface area contributed by atoms with Crippen molar-refractivity contribution in [2.24, 2.45) is 17.8 Å². The summed E-state index contributed by atoms with van der Waals surface area (Å²) in [6.07, 6.45) is 3.26. The molecule has 22 heavy (non-hydrogen) atoms.